The number of aryl methyl sites for hydroxylation is 2. The van der Waals surface area contributed by atoms with Gasteiger partial charge in [-0.05, 0) is 62.0 Å². The van der Waals surface area contributed by atoms with Crippen LogP contribution in [0.3, 0.4) is 0 Å². The van der Waals surface area contributed by atoms with Crippen molar-refractivity contribution in [2.45, 2.75) is 13.8 Å². The third-order valence-electron chi connectivity index (χ3n) is 5.21. The number of rotatable bonds is 4. The van der Waals surface area contributed by atoms with Crippen molar-refractivity contribution in [2.24, 2.45) is 0 Å². The van der Waals surface area contributed by atoms with Crippen LogP contribution in [0.5, 0.6) is 0 Å². The van der Waals surface area contributed by atoms with E-state index < -0.39 is 17.8 Å². The van der Waals surface area contributed by atoms with E-state index in [0.717, 1.165) is 11.1 Å². The van der Waals surface area contributed by atoms with Crippen LogP contribution in [0, 0.1) is 13.8 Å². The average Bonchev–Trinajstić information content (AvgIpc) is 3.26. The molecule has 0 unspecified atom stereocenters. The lowest BCUT2D eigenvalue weighted by atomic mass is 10.1. The number of anilines is 1. The summed E-state index contributed by atoms with van der Waals surface area (Å²) in [5, 5.41) is 2.58. The van der Waals surface area contributed by atoms with Gasteiger partial charge in [-0.3, -0.25) is 19.8 Å². The number of thiocarbonyl (C=S) groups is 1. The van der Waals surface area contributed by atoms with E-state index in [-0.39, 0.29) is 16.4 Å². The summed E-state index contributed by atoms with van der Waals surface area (Å²) in [6, 6.07) is 15.7. The number of esters is 1. The summed E-state index contributed by atoms with van der Waals surface area (Å²) in [6.45, 7) is 3.82. The molecule has 2 aromatic carbocycles. The van der Waals surface area contributed by atoms with Gasteiger partial charge >= 0.3 is 5.97 Å². The molecule has 166 valence electrons. The summed E-state index contributed by atoms with van der Waals surface area (Å²) in [5.74, 6) is -0.992. The topological polar surface area (TPSA) is 88.9 Å². The van der Waals surface area contributed by atoms with Gasteiger partial charge in [0.1, 0.15) is 17.1 Å². The number of hydrogen-bond donors (Lipinski definition) is 1. The van der Waals surface area contributed by atoms with E-state index in [0.29, 0.717) is 22.6 Å². The number of nitrogens with one attached hydrogen (secondary N) is 1. The minimum absolute atomic E-state index is 0.0150. The molecular formula is C25H20N2O5S. The maximum absolute atomic E-state index is 13.3. The van der Waals surface area contributed by atoms with E-state index in [9.17, 15) is 14.4 Å². The first kappa shape index (κ1) is 22.2. The van der Waals surface area contributed by atoms with Gasteiger partial charge in [0.25, 0.3) is 11.8 Å². The molecule has 0 atom stereocenters. The largest absolute Gasteiger partial charge is 0.465 e. The van der Waals surface area contributed by atoms with E-state index >= 15 is 0 Å². The Labute approximate surface area is 195 Å². The molecule has 2 amide bonds. The first-order valence-corrected chi connectivity index (χ1v) is 10.5. The fourth-order valence-corrected chi connectivity index (χ4v) is 3.91. The predicted molar refractivity (Wildman–Crippen MR) is 128 cm³/mol. The SMILES string of the molecule is COC(=O)c1ccccc1-c1ccc(/C=C2\C(=O)NC(=S)N(c3ccc(C)cc3C)C2=O)o1. The fraction of sp³-hybridized carbons (Fsp3) is 0.120. The highest BCUT2D eigenvalue weighted by Gasteiger charge is 2.35. The van der Waals surface area contributed by atoms with Crippen LogP contribution in [0.15, 0.2) is 64.6 Å². The minimum Gasteiger partial charge on any atom is -0.465 e. The second-order valence-corrected chi connectivity index (χ2v) is 7.87. The molecule has 4 rings (SSSR count). The molecule has 0 bridgehead atoms. The minimum atomic E-state index is -0.612. The van der Waals surface area contributed by atoms with Crippen LogP contribution in [0.2, 0.25) is 0 Å². The Hall–Kier alpha value is -4.04. The van der Waals surface area contributed by atoms with Crippen LogP contribution in [-0.2, 0) is 14.3 Å². The third-order valence-corrected chi connectivity index (χ3v) is 5.49. The maximum atomic E-state index is 13.3. The lowest BCUT2D eigenvalue weighted by molar-refractivity contribution is -0.122. The number of hydrogen-bond acceptors (Lipinski definition) is 6. The van der Waals surface area contributed by atoms with Gasteiger partial charge in [0, 0.05) is 5.56 Å². The summed E-state index contributed by atoms with van der Waals surface area (Å²) in [7, 11) is 1.30. The summed E-state index contributed by atoms with van der Waals surface area (Å²) in [5.41, 5.74) is 3.24. The number of carbonyl (C=O) groups excluding carboxylic acids is 3. The standard InChI is InChI=1S/C25H20N2O5S/c1-14-8-10-20(15(2)12-14)27-23(29)19(22(28)26-25(27)33)13-16-9-11-21(32-16)17-6-4-5-7-18(17)24(30)31-3/h4-13H,1-3H3,(H,26,28,33)/b19-13+. The summed E-state index contributed by atoms with van der Waals surface area (Å²) in [6.07, 6.45) is 1.36. The van der Waals surface area contributed by atoms with E-state index in [1.54, 1.807) is 42.5 Å². The van der Waals surface area contributed by atoms with Crippen LogP contribution in [0.1, 0.15) is 27.2 Å². The molecule has 0 saturated carbocycles. The number of benzene rings is 2. The molecule has 7 nitrogen and oxygen atoms in total. The van der Waals surface area contributed by atoms with Crippen LogP contribution in [0.25, 0.3) is 17.4 Å². The van der Waals surface area contributed by atoms with Gasteiger partial charge in [-0.25, -0.2) is 4.79 Å². The lowest BCUT2D eigenvalue weighted by Gasteiger charge is -2.30. The summed E-state index contributed by atoms with van der Waals surface area (Å²) in [4.78, 5) is 39.2. The zero-order chi connectivity index (χ0) is 23.7. The molecule has 2 heterocycles. The average molecular weight is 461 g/mol. The van der Waals surface area contributed by atoms with Crippen molar-refractivity contribution >= 4 is 46.9 Å². The second kappa shape index (κ2) is 8.84. The van der Waals surface area contributed by atoms with E-state index in [2.05, 4.69) is 5.32 Å². The molecule has 1 N–H and O–H groups in total. The van der Waals surface area contributed by atoms with Crippen molar-refractivity contribution in [2.75, 3.05) is 12.0 Å². The first-order chi connectivity index (χ1) is 15.8. The Bertz CT molecular complexity index is 1340. The highest BCUT2D eigenvalue weighted by Crippen LogP contribution is 2.29. The third kappa shape index (κ3) is 4.20. The fourth-order valence-electron chi connectivity index (χ4n) is 3.64. The molecule has 3 aromatic rings. The van der Waals surface area contributed by atoms with Crippen molar-refractivity contribution < 1.29 is 23.5 Å². The van der Waals surface area contributed by atoms with E-state index in [4.69, 9.17) is 21.4 Å². The Morgan fingerprint density at radius 1 is 1.09 bits per heavy atom. The number of nitrogens with zero attached hydrogens (tertiary/aromatic N) is 1. The molecule has 0 spiro atoms. The van der Waals surface area contributed by atoms with Crippen LogP contribution < -0.4 is 10.2 Å². The van der Waals surface area contributed by atoms with E-state index in [1.165, 1.54) is 18.1 Å². The molecule has 8 heteroatoms. The molecule has 33 heavy (non-hydrogen) atoms. The zero-order valence-electron chi connectivity index (χ0n) is 18.2. The van der Waals surface area contributed by atoms with E-state index in [1.807, 2.05) is 26.0 Å². The number of furan rings is 1. The van der Waals surface area contributed by atoms with Gasteiger partial charge in [-0.15, -0.1) is 0 Å². The van der Waals surface area contributed by atoms with Crippen LogP contribution >= 0.6 is 12.2 Å². The molecule has 1 aliphatic rings. The van der Waals surface area contributed by atoms with Gasteiger partial charge in [0.2, 0.25) is 0 Å². The van der Waals surface area contributed by atoms with Gasteiger partial charge in [-0.1, -0.05) is 35.9 Å². The van der Waals surface area contributed by atoms with Crippen LogP contribution in [0.4, 0.5) is 5.69 Å². The number of amides is 2. The number of carbonyl (C=O) groups is 3. The Kier molecular flexibility index (Phi) is 5.93. The Morgan fingerprint density at radius 2 is 1.85 bits per heavy atom. The predicted octanol–water partition coefficient (Wildman–Crippen LogP) is 4.18. The van der Waals surface area contributed by atoms with Crippen molar-refractivity contribution in [3.05, 3.63) is 82.6 Å². The van der Waals surface area contributed by atoms with Crippen molar-refractivity contribution in [3.8, 4) is 11.3 Å². The van der Waals surface area contributed by atoms with Crippen molar-refractivity contribution in [3.63, 3.8) is 0 Å². The molecular weight excluding hydrogens is 440 g/mol. The summed E-state index contributed by atoms with van der Waals surface area (Å²) >= 11 is 5.27. The van der Waals surface area contributed by atoms with Gasteiger partial charge < -0.3 is 9.15 Å². The number of methoxy groups -OCH3 is 1. The first-order valence-electron chi connectivity index (χ1n) is 10.1. The van der Waals surface area contributed by atoms with Gasteiger partial charge in [0.05, 0.1) is 18.4 Å². The molecule has 0 aliphatic carbocycles. The van der Waals surface area contributed by atoms with Crippen molar-refractivity contribution in [1.82, 2.24) is 5.32 Å². The second-order valence-electron chi connectivity index (χ2n) is 7.49. The Balaban J connectivity index is 1.71. The monoisotopic (exact) mass is 460 g/mol. The lowest BCUT2D eigenvalue weighted by Crippen LogP contribution is -2.54. The zero-order valence-corrected chi connectivity index (χ0v) is 19.0. The maximum Gasteiger partial charge on any atom is 0.338 e. The normalized spacial score (nSPS) is 15.1. The van der Waals surface area contributed by atoms with Crippen LogP contribution in [-0.4, -0.2) is 30.0 Å². The molecule has 1 fully saturated rings. The summed E-state index contributed by atoms with van der Waals surface area (Å²) < 4.78 is 10.7. The molecule has 0 radical (unpaired) electrons. The highest BCUT2D eigenvalue weighted by atomic mass is 32.1. The molecule has 1 aromatic heterocycles. The molecule has 1 aliphatic heterocycles. The smallest absolute Gasteiger partial charge is 0.338 e. The van der Waals surface area contributed by atoms with Gasteiger partial charge in [-0.2, -0.15) is 0 Å². The number of ether oxygens (including phenoxy) is 1. The van der Waals surface area contributed by atoms with Crippen molar-refractivity contribution in [1.29, 1.82) is 0 Å². The van der Waals surface area contributed by atoms with Gasteiger partial charge in [0.15, 0.2) is 5.11 Å². The molecule has 1 saturated heterocycles. The Morgan fingerprint density at radius 3 is 2.58 bits per heavy atom. The highest BCUT2D eigenvalue weighted by molar-refractivity contribution is 7.80. The quantitative estimate of drug-likeness (QED) is 0.272.